The number of aromatic nitrogens is 2. The first-order valence-electron chi connectivity index (χ1n) is 8.06. The van der Waals surface area contributed by atoms with E-state index in [1.54, 1.807) is 0 Å². The van der Waals surface area contributed by atoms with Crippen molar-refractivity contribution in [1.29, 1.82) is 0 Å². The standard InChI is InChI=1S/C17H31N3/c1-13-6-7-14(12-19-17(2,3)4)15(10-13)11-16-18-8-9-20(16)5/h8-9,13-15,19H,6-7,10-12H2,1-5H3. The minimum Gasteiger partial charge on any atom is -0.338 e. The van der Waals surface area contributed by atoms with Gasteiger partial charge in [-0.1, -0.05) is 13.3 Å². The Balaban J connectivity index is 1.99. The lowest BCUT2D eigenvalue weighted by Gasteiger charge is -2.36. The van der Waals surface area contributed by atoms with Crippen molar-refractivity contribution in [2.45, 2.75) is 58.9 Å². The quantitative estimate of drug-likeness (QED) is 0.914. The lowest BCUT2D eigenvalue weighted by Crippen LogP contribution is -2.42. The molecule has 1 N–H and O–H groups in total. The molecule has 1 aromatic rings. The summed E-state index contributed by atoms with van der Waals surface area (Å²) in [5.74, 6) is 3.67. The average molecular weight is 277 g/mol. The number of hydrogen-bond acceptors (Lipinski definition) is 2. The predicted octanol–water partition coefficient (Wildman–Crippen LogP) is 3.40. The van der Waals surface area contributed by atoms with E-state index in [1.165, 1.54) is 25.1 Å². The molecule has 1 heterocycles. The van der Waals surface area contributed by atoms with Crippen LogP contribution in [0.25, 0.3) is 0 Å². The van der Waals surface area contributed by atoms with Crippen LogP contribution in [0.3, 0.4) is 0 Å². The SMILES string of the molecule is CC1CCC(CNC(C)(C)C)C(Cc2nccn2C)C1. The fourth-order valence-corrected chi connectivity index (χ4v) is 3.35. The van der Waals surface area contributed by atoms with Crippen molar-refractivity contribution in [3.05, 3.63) is 18.2 Å². The third-order valence-electron chi connectivity index (χ3n) is 4.66. The number of nitrogens with one attached hydrogen (secondary N) is 1. The van der Waals surface area contributed by atoms with Crippen molar-refractivity contribution in [3.63, 3.8) is 0 Å². The Morgan fingerprint density at radius 1 is 1.30 bits per heavy atom. The second kappa shape index (κ2) is 6.30. The van der Waals surface area contributed by atoms with Gasteiger partial charge in [-0.15, -0.1) is 0 Å². The van der Waals surface area contributed by atoms with E-state index in [0.29, 0.717) is 0 Å². The van der Waals surface area contributed by atoms with Gasteiger partial charge >= 0.3 is 0 Å². The molecule has 0 amide bonds. The van der Waals surface area contributed by atoms with E-state index in [2.05, 4.69) is 55.8 Å². The van der Waals surface area contributed by atoms with Crippen LogP contribution in [0.1, 0.15) is 52.8 Å². The van der Waals surface area contributed by atoms with E-state index in [9.17, 15) is 0 Å². The van der Waals surface area contributed by atoms with Crippen LogP contribution in [0.2, 0.25) is 0 Å². The van der Waals surface area contributed by atoms with Gasteiger partial charge in [0, 0.05) is 31.4 Å². The Kier molecular flexibility index (Phi) is 4.90. The summed E-state index contributed by atoms with van der Waals surface area (Å²) in [5, 5.41) is 3.70. The molecule has 3 nitrogen and oxygen atoms in total. The van der Waals surface area contributed by atoms with Gasteiger partial charge in [-0.05, 0) is 57.9 Å². The molecule has 1 aliphatic rings. The summed E-state index contributed by atoms with van der Waals surface area (Å²) in [5.41, 5.74) is 0.219. The molecule has 2 rings (SSSR count). The summed E-state index contributed by atoms with van der Waals surface area (Å²) in [6, 6.07) is 0. The van der Waals surface area contributed by atoms with Gasteiger partial charge in [0.1, 0.15) is 5.82 Å². The van der Waals surface area contributed by atoms with Gasteiger partial charge in [0.2, 0.25) is 0 Å². The molecule has 0 aromatic carbocycles. The Morgan fingerprint density at radius 3 is 2.65 bits per heavy atom. The molecule has 3 heteroatoms. The van der Waals surface area contributed by atoms with Gasteiger partial charge in [-0.3, -0.25) is 0 Å². The summed E-state index contributed by atoms with van der Waals surface area (Å²) >= 11 is 0. The molecule has 20 heavy (non-hydrogen) atoms. The number of imidazole rings is 1. The highest BCUT2D eigenvalue weighted by atomic mass is 15.0. The van der Waals surface area contributed by atoms with Crippen molar-refractivity contribution < 1.29 is 0 Å². The van der Waals surface area contributed by atoms with Crippen LogP contribution in [0.4, 0.5) is 0 Å². The molecule has 0 saturated heterocycles. The third-order valence-corrected chi connectivity index (χ3v) is 4.66. The summed E-state index contributed by atoms with van der Waals surface area (Å²) in [4.78, 5) is 4.52. The number of nitrogens with zero attached hydrogens (tertiary/aromatic N) is 2. The minimum absolute atomic E-state index is 0.219. The van der Waals surface area contributed by atoms with Crippen LogP contribution in [0.5, 0.6) is 0 Å². The Morgan fingerprint density at radius 2 is 2.05 bits per heavy atom. The zero-order valence-corrected chi connectivity index (χ0v) is 13.8. The van der Waals surface area contributed by atoms with E-state index in [4.69, 9.17) is 0 Å². The van der Waals surface area contributed by atoms with Gasteiger partial charge in [0.25, 0.3) is 0 Å². The maximum absolute atomic E-state index is 4.52. The lowest BCUT2D eigenvalue weighted by molar-refractivity contribution is 0.171. The van der Waals surface area contributed by atoms with E-state index >= 15 is 0 Å². The van der Waals surface area contributed by atoms with E-state index < -0.39 is 0 Å². The Labute approximate surface area is 124 Å². The molecular formula is C17H31N3. The van der Waals surface area contributed by atoms with Crippen molar-refractivity contribution in [2.24, 2.45) is 24.8 Å². The largest absolute Gasteiger partial charge is 0.338 e. The molecule has 114 valence electrons. The van der Waals surface area contributed by atoms with Crippen LogP contribution in [0.15, 0.2) is 12.4 Å². The summed E-state index contributed by atoms with van der Waals surface area (Å²) in [6.07, 6.45) is 9.20. The van der Waals surface area contributed by atoms with Gasteiger partial charge < -0.3 is 9.88 Å². The van der Waals surface area contributed by atoms with Crippen molar-refractivity contribution in [2.75, 3.05) is 6.54 Å². The molecular weight excluding hydrogens is 246 g/mol. The van der Waals surface area contributed by atoms with E-state index in [-0.39, 0.29) is 5.54 Å². The highest BCUT2D eigenvalue weighted by molar-refractivity contribution is 4.95. The number of rotatable bonds is 4. The molecule has 1 fully saturated rings. The zero-order chi connectivity index (χ0) is 14.8. The van der Waals surface area contributed by atoms with E-state index in [1.807, 2.05) is 6.20 Å². The summed E-state index contributed by atoms with van der Waals surface area (Å²) in [7, 11) is 2.11. The second-order valence-electron chi connectivity index (χ2n) is 7.73. The first-order chi connectivity index (χ1) is 9.35. The highest BCUT2D eigenvalue weighted by Gasteiger charge is 2.30. The fraction of sp³-hybridized carbons (Fsp3) is 0.824. The predicted molar refractivity (Wildman–Crippen MR) is 84.7 cm³/mol. The molecule has 0 aliphatic heterocycles. The maximum Gasteiger partial charge on any atom is 0.108 e. The van der Waals surface area contributed by atoms with Crippen molar-refractivity contribution >= 4 is 0 Å². The molecule has 0 bridgehead atoms. The lowest BCUT2D eigenvalue weighted by atomic mass is 9.73. The van der Waals surface area contributed by atoms with Gasteiger partial charge in [0.05, 0.1) is 0 Å². The molecule has 3 atom stereocenters. The second-order valence-corrected chi connectivity index (χ2v) is 7.73. The molecule has 3 unspecified atom stereocenters. The van der Waals surface area contributed by atoms with Gasteiger partial charge in [0.15, 0.2) is 0 Å². The smallest absolute Gasteiger partial charge is 0.108 e. The normalized spacial score (nSPS) is 27.8. The first kappa shape index (κ1) is 15.6. The molecule has 0 radical (unpaired) electrons. The van der Waals surface area contributed by atoms with Crippen molar-refractivity contribution in [1.82, 2.24) is 14.9 Å². The van der Waals surface area contributed by atoms with Gasteiger partial charge in [-0.2, -0.15) is 0 Å². The van der Waals surface area contributed by atoms with Crippen LogP contribution in [-0.4, -0.2) is 21.6 Å². The molecule has 1 aliphatic carbocycles. The third kappa shape index (κ3) is 4.34. The number of aryl methyl sites for hydroxylation is 1. The summed E-state index contributed by atoms with van der Waals surface area (Å²) < 4.78 is 2.17. The van der Waals surface area contributed by atoms with Crippen LogP contribution in [-0.2, 0) is 13.5 Å². The number of hydrogen-bond donors (Lipinski definition) is 1. The topological polar surface area (TPSA) is 29.9 Å². The Bertz CT molecular complexity index is 416. The molecule has 1 aromatic heterocycles. The van der Waals surface area contributed by atoms with E-state index in [0.717, 1.165) is 30.7 Å². The molecule has 0 spiro atoms. The monoisotopic (exact) mass is 277 g/mol. The van der Waals surface area contributed by atoms with Crippen molar-refractivity contribution in [3.8, 4) is 0 Å². The zero-order valence-electron chi connectivity index (χ0n) is 13.8. The minimum atomic E-state index is 0.219. The average Bonchev–Trinajstić information content (AvgIpc) is 2.73. The van der Waals surface area contributed by atoms with Gasteiger partial charge in [-0.25, -0.2) is 4.98 Å². The van der Waals surface area contributed by atoms with Crippen LogP contribution < -0.4 is 5.32 Å². The van der Waals surface area contributed by atoms with Crippen LogP contribution >= 0.6 is 0 Å². The molecule has 1 saturated carbocycles. The Hall–Kier alpha value is -0.830. The maximum atomic E-state index is 4.52. The summed E-state index contributed by atoms with van der Waals surface area (Å²) in [6.45, 7) is 10.3. The first-order valence-corrected chi connectivity index (χ1v) is 8.06. The fourth-order valence-electron chi connectivity index (χ4n) is 3.35. The highest BCUT2D eigenvalue weighted by Crippen LogP contribution is 2.35. The van der Waals surface area contributed by atoms with Crippen LogP contribution in [0, 0.1) is 17.8 Å².